The quantitative estimate of drug-likeness (QED) is 0.465. The van der Waals surface area contributed by atoms with Crippen LogP contribution in [0.4, 0.5) is 11.5 Å². The fraction of sp³-hybridized carbons (Fsp3) is 0.350. The molecule has 29 heavy (non-hydrogen) atoms. The predicted molar refractivity (Wildman–Crippen MR) is 107 cm³/mol. The minimum Gasteiger partial charge on any atom is -0.354 e. The summed E-state index contributed by atoms with van der Waals surface area (Å²) in [5.74, 6) is 2.07. The summed E-state index contributed by atoms with van der Waals surface area (Å²) >= 11 is 0. The van der Waals surface area contributed by atoms with E-state index in [0.717, 1.165) is 37.6 Å². The van der Waals surface area contributed by atoms with Crippen LogP contribution < -0.4 is 4.90 Å². The molecule has 0 saturated carbocycles. The van der Waals surface area contributed by atoms with Crippen LogP contribution in [0.1, 0.15) is 30.2 Å². The van der Waals surface area contributed by atoms with Gasteiger partial charge >= 0.3 is 0 Å². The third-order valence-electron chi connectivity index (χ3n) is 5.18. The Balaban J connectivity index is 1.34. The molecule has 0 radical (unpaired) electrons. The molecule has 1 saturated heterocycles. The van der Waals surface area contributed by atoms with E-state index in [1.165, 1.54) is 12.3 Å². The molecule has 1 aliphatic rings. The highest BCUT2D eigenvalue weighted by atomic mass is 16.6. The molecule has 3 aromatic rings. The van der Waals surface area contributed by atoms with Gasteiger partial charge in [0.15, 0.2) is 5.82 Å². The number of aromatic nitrogens is 3. The third kappa shape index (κ3) is 4.40. The zero-order valence-electron chi connectivity index (χ0n) is 16.1. The maximum atomic E-state index is 10.8. The Hall–Kier alpha value is -3.33. The molecule has 3 heterocycles. The SMILES string of the molecule is CC(c1nc(Cc2ccccc2)no1)N1CCN(c2ccc([N+](=O)[O-])cn2)CC1. The number of hydrogen-bond donors (Lipinski definition) is 0. The predicted octanol–water partition coefficient (Wildman–Crippen LogP) is 2.85. The molecule has 1 aromatic carbocycles. The number of piperazine rings is 1. The first kappa shape index (κ1) is 19.0. The highest BCUT2D eigenvalue weighted by molar-refractivity contribution is 5.43. The van der Waals surface area contributed by atoms with Crippen molar-refractivity contribution in [2.24, 2.45) is 0 Å². The van der Waals surface area contributed by atoms with Gasteiger partial charge in [-0.25, -0.2) is 4.98 Å². The van der Waals surface area contributed by atoms with Crippen molar-refractivity contribution < 1.29 is 9.45 Å². The second-order valence-electron chi connectivity index (χ2n) is 7.04. The van der Waals surface area contributed by atoms with Crippen molar-refractivity contribution in [2.75, 3.05) is 31.1 Å². The molecule has 1 atom stereocenters. The van der Waals surface area contributed by atoms with Crippen LogP contribution in [0.2, 0.25) is 0 Å². The van der Waals surface area contributed by atoms with E-state index in [9.17, 15) is 10.1 Å². The van der Waals surface area contributed by atoms with Gasteiger partial charge in [0.2, 0.25) is 5.89 Å². The molecule has 1 fully saturated rings. The minimum atomic E-state index is -0.438. The summed E-state index contributed by atoms with van der Waals surface area (Å²) in [4.78, 5) is 23.5. The van der Waals surface area contributed by atoms with Crippen molar-refractivity contribution >= 4 is 11.5 Å². The molecular weight excluding hydrogens is 372 g/mol. The number of rotatable bonds is 6. The van der Waals surface area contributed by atoms with Gasteiger partial charge in [-0.05, 0) is 18.6 Å². The highest BCUT2D eigenvalue weighted by Crippen LogP contribution is 2.23. The molecular formula is C20H22N6O3. The molecule has 1 unspecified atom stereocenters. The van der Waals surface area contributed by atoms with Crippen molar-refractivity contribution in [2.45, 2.75) is 19.4 Å². The van der Waals surface area contributed by atoms with E-state index in [1.807, 2.05) is 30.3 Å². The lowest BCUT2D eigenvalue weighted by Crippen LogP contribution is -2.47. The molecule has 0 spiro atoms. The van der Waals surface area contributed by atoms with Gasteiger partial charge in [-0.15, -0.1) is 0 Å². The molecule has 150 valence electrons. The van der Waals surface area contributed by atoms with Gasteiger partial charge in [0.25, 0.3) is 5.69 Å². The van der Waals surface area contributed by atoms with Crippen LogP contribution in [-0.2, 0) is 6.42 Å². The number of anilines is 1. The molecule has 9 heteroatoms. The molecule has 0 bridgehead atoms. The summed E-state index contributed by atoms with van der Waals surface area (Å²) in [6, 6.07) is 13.3. The van der Waals surface area contributed by atoms with Crippen molar-refractivity contribution in [3.8, 4) is 0 Å². The van der Waals surface area contributed by atoms with Crippen LogP contribution >= 0.6 is 0 Å². The van der Waals surface area contributed by atoms with Gasteiger partial charge in [-0.1, -0.05) is 35.5 Å². The van der Waals surface area contributed by atoms with Gasteiger partial charge in [0.1, 0.15) is 12.0 Å². The van der Waals surface area contributed by atoms with Crippen LogP contribution in [0.25, 0.3) is 0 Å². The van der Waals surface area contributed by atoms with E-state index in [4.69, 9.17) is 4.52 Å². The molecule has 0 N–H and O–H groups in total. The van der Waals surface area contributed by atoms with Crippen LogP contribution in [0.5, 0.6) is 0 Å². The van der Waals surface area contributed by atoms with E-state index in [2.05, 4.69) is 31.8 Å². The van der Waals surface area contributed by atoms with Gasteiger partial charge in [0.05, 0.1) is 11.0 Å². The summed E-state index contributed by atoms with van der Waals surface area (Å²) in [6.45, 7) is 5.26. The zero-order chi connectivity index (χ0) is 20.2. The zero-order valence-corrected chi connectivity index (χ0v) is 16.1. The normalized spacial score (nSPS) is 16.0. The number of pyridine rings is 1. The number of nitrogens with zero attached hydrogens (tertiary/aromatic N) is 6. The third-order valence-corrected chi connectivity index (χ3v) is 5.18. The van der Waals surface area contributed by atoms with E-state index in [1.54, 1.807) is 6.07 Å². The first-order valence-electron chi connectivity index (χ1n) is 9.56. The fourth-order valence-electron chi connectivity index (χ4n) is 3.46. The summed E-state index contributed by atoms with van der Waals surface area (Å²) in [6.07, 6.45) is 1.95. The lowest BCUT2D eigenvalue weighted by Gasteiger charge is -2.37. The fourth-order valence-corrected chi connectivity index (χ4v) is 3.46. The first-order chi connectivity index (χ1) is 14.1. The summed E-state index contributed by atoms with van der Waals surface area (Å²) in [5.41, 5.74) is 1.15. The molecule has 9 nitrogen and oxygen atoms in total. The molecule has 0 amide bonds. The average molecular weight is 394 g/mol. The van der Waals surface area contributed by atoms with Gasteiger partial charge in [-0.3, -0.25) is 15.0 Å². The van der Waals surface area contributed by atoms with Crippen LogP contribution in [-0.4, -0.2) is 51.1 Å². The van der Waals surface area contributed by atoms with Crippen LogP contribution in [0.15, 0.2) is 53.2 Å². The standard InChI is InChI=1S/C20H22N6O3/c1-15(20-22-18(23-29-20)13-16-5-3-2-4-6-16)24-9-11-25(12-10-24)19-8-7-17(14-21-19)26(27)28/h2-8,14-15H,9-13H2,1H3. The Labute approximate surface area is 168 Å². The summed E-state index contributed by atoms with van der Waals surface area (Å²) in [5, 5.41) is 14.9. The maximum absolute atomic E-state index is 10.8. The largest absolute Gasteiger partial charge is 0.354 e. The van der Waals surface area contributed by atoms with E-state index < -0.39 is 4.92 Å². The van der Waals surface area contributed by atoms with Crippen molar-refractivity contribution in [1.29, 1.82) is 0 Å². The number of hydrogen-bond acceptors (Lipinski definition) is 8. The highest BCUT2D eigenvalue weighted by Gasteiger charge is 2.26. The Morgan fingerprint density at radius 3 is 2.55 bits per heavy atom. The Kier molecular flexibility index (Phi) is 5.48. The summed E-state index contributed by atoms with van der Waals surface area (Å²) < 4.78 is 5.51. The van der Waals surface area contributed by atoms with Gasteiger partial charge in [-0.2, -0.15) is 4.98 Å². The Morgan fingerprint density at radius 2 is 1.90 bits per heavy atom. The monoisotopic (exact) mass is 394 g/mol. The van der Waals surface area contributed by atoms with Crippen LogP contribution in [0, 0.1) is 10.1 Å². The van der Waals surface area contributed by atoms with Crippen molar-refractivity contribution in [3.63, 3.8) is 0 Å². The first-order valence-corrected chi connectivity index (χ1v) is 9.56. The van der Waals surface area contributed by atoms with Gasteiger partial charge in [0, 0.05) is 38.7 Å². The lowest BCUT2D eigenvalue weighted by molar-refractivity contribution is -0.385. The second kappa shape index (κ2) is 8.36. The maximum Gasteiger partial charge on any atom is 0.287 e. The second-order valence-corrected chi connectivity index (χ2v) is 7.04. The minimum absolute atomic E-state index is 0.00343. The number of benzene rings is 1. The average Bonchev–Trinajstić information content (AvgIpc) is 3.22. The summed E-state index contributed by atoms with van der Waals surface area (Å²) in [7, 11) is 0. The van der Waals surface area contributed by atoms with E-state index >= 15 is 0 Å². The molecule has 4 rings (SSSR count). The smallest absolute Gasteiger partial charge is 0.287 e. The van der Waals surface area contributed by atoms with Crippen molar-refractivity contribution in [1.82, 2.24) is 20.0 Å². The number of nitro groups is 1. The van der Waals surface area contributed by atoms with Crippen LogP contribution in [0.3, 0.4) is 0 Å². The van der Waals surface area contributed by atoms with Crippen molar-refractivity contribution in [3.05, 3.63) is 76.1 Å². The molecule has 1 aliphatic heterocycles. The Bertz CT molecular complexity index is 952. The molecule has 0 aliphatic carbocycles. The topological polar surface area (TPSA) is 101 Å². The lowest BCUT2D eigenvalue weighted by atomic mass is 10.1. The Morgan fingerprint density at radius 1 is 1.14 bits per heavy atom. The van der Waals surface area contributed by atoms with E-state index in [-0.39, 0.29) is 11.7 Å². The van der Waals surface area contributed by atoms with Gasteiger partial charge < -0.3 is 9.42 Å². The molecule has 2 aromatic heterocycles. The van der Waals surface area contributed by atoms with E-state index in [0.29, 0.717) is 18.1 Å².